The number of anilines is 2. The van der Waals surface area contributed by atoms with Gasteiger partial charge in [0.1, 0.15) is 17.6 Å². The van der Waals surface area contributed by atoms with Gasteiger partial charge in [0.15, 0.2) is 11.6 Å². The van der Waals surface area contributed by atoms with Crippen LogP contribution >= 0.6 is 0 Å². The minimum Gasteiger partial charge on any atom is -0.487 e. The van der Waals surface area contributed by atoms with E-state index in [1.807, 2.05) is 0 Å². The number of aromatic nitrogens is 1. The summed E-state index contributed by atoms with van der Waals surface area (Å²) in [6.07, 6.45) is 2.61. The van der Waals surface area contributed by atoms with Crippen molar-refractivity contribution in [2.24, 2.45) is 0 Å². The first-order valence-electron chi connectivity index (χ1n) is 8.69. The number of carbonyl (C=O) groups excluding carboxylic acids is 1. The number of nitrogens with two attached hydrogens (primary N) is 1. The maximum Gasteiger partial charge on any atom is 0.272 e. The van der Waals surface area contributed by atoms with Gasteiger partial charge in [-0.1, -0.05) is 0 Å². The van der Waals surface area contributed by atoms with E-state index in [0.29, 0.717) is 37.3 Å². The Balaban J connectivity index is 1.67. The second-order valence-corrected chi connectivity index (χ2v) is 6.71. The van der Waals surface area contributed by atoms with Crippen LogP contribution in [0.4, 0.5) is 20.2 Å². The molecule has 0 radical (unpaired) electrons. The molecule has 0 aliphatic carbocycles. The van der Waals surface area contributed by atoms with Gasteiger partial charge in [0.2, 0.25) is 0 Å². The molecule has 1 aliphatic rings. The third kappa shape index (κ3) is 4.27. The van der Waals surface area contributed by atoms with Crippen molar-refractivity contribution in [1.29, 1.82) is 0 Å². The first-order chi connectivity index (χ1) is 12.8. The second-order valence-electron chi connectivity index (χ2n) is 6.71. The molecule has 0 spiro atoms. The lowest BCUT2D eigenvalue weighted by Gasteiger charge is -2.34. The molecule has 27 heavy (non-hydrogen) atoms. The maximum absolute atomic E-state index is 13.8. The number of halogens is 2. The fraction of sp³-hybridized carbons (Fsp3) is 0.368. The summed E-state index contributed by atoms with van der Waals surface area (Å²) in [5.74, 6) is -1.48. The van der Waals surface area contributed by atoms with Gasteiger partial charge in [-0.25, -0.2) is 13.8 Å². The van der Waals surface area contributed by atoms with Crippen molar-refractivity contribution in [3.8, 4) is 5.75 Å². The number of benzene rings is 1. The van der Waals surface area contributed by atoms with Gasteiger partial charge in [0.05, 0.1) is 17.6 Å². The summed E-state index contributed by atoms with van der Waals surface area (Å²) in [6, 6.07) is 4.98. The third-order valence-electron chi connectivity index (χ3n) is 4.51. The average Bonchev–Trinajstić information content (AvgIpc) is 2.64. The zero-order valence-electron chi connectivity index (χ0n) is 15.3. The topological polar surface area (TPSA) is 71.7 Å². The van der Waals surface area contributed by atoms with Crippen LogP contribution in [0.2, 0.25) is 0 Å². The summed E-state index contributed by atoms with van der Waals surface area (Å²) in [7, 11) is 3.33. The fourth-order valence-electron chi connectivity index (χ4n) is 3.04. The van der Waals surface area contributed by atoms with E-state index in [4.69, 9.17) is 10.5 Å². The molecule has 1 aromatic carbocycles. The zero-order chi connectivity index (χ0) is 19.6. The molecule has 3 rings (SSSR count). The Morgan fingerprint density at radius 2 is 1.96 bits per heavy atom. The smallest absolute Gasteiger partial charge is 0.272 e. The van der Waals surface area contributed by atoms with E-state index in [9.17, 15) is 13.6 Å². The molecule has 1 aliphatic heterocycles. The molecule has 2 aromatic rings. The van der Waals surface area contributed by atoms with Crippen LogP contribution in [-0.2, 0) is 0 Å². The average molecular weight is 376 g/mol. The molecule has 144 valence electrons. The normalized spacial score (nSPS) is 14.9. The van der Waals surface area contributed by atoms with Crippen LogP contribution in [0.5, 0.6) is 5.75 Å². The van der Waals surface area contributed by atoms with Gasteiger partial charge < -0.3 is 20.3 Å². The summed E-state index contributed by atoms with van der Waals surface area (Å²) in [5, 5.41) is 0. The molecule has 0 saturated carbocycles. The molecule has 6 nitrogen and oxygen atoms in total. The molecule has 2 N–H and O–H groups in total. The molecule has 0 bridgehead atoms. The van der Waals surface area contributed by atoms with Gasteiger partial charge in [-0.05, 0) is 18.2 Å². The van der Waals surface area contributed by atoms with Crippen LogP contribution in [0.3, 0.4) is 0 Å². The number of rotatable bonds is 4. The highest BCUT2D eigenvalue weighted by atomic mass is 19.1. The van der Waals surface area contributed by atoms with E-state index in [1.54, 1.807) is 20.2 Å². The molecule has 1 aromatic heterocycles. The standard InChI is InChI=1S/C19H22F2N4O2/c1-24(2)19(26)16-10-17(15(22)11-23-16)25-7-5-13(6-8-25)27-18-4-3-12(20)9-14(18)21/h3-4,9-11,13H,5-8,22H2,1-2H3. The minimum absolute atomic E-state index is 0.0529. The van der Waals surface area contributed by atoms with Crippen molar-refractivity contribution in [3.05, 3.63) is 47.8 Å². The molecular weight excluding hydrogens is 354 g/mol. The Labute approximate surface area is 156 Å². The molecule has 1 fully saturated rings. The molecule has 1 saturated heterocycles. The van der Waals surface area contributed by atoms with E-state index >= 15 is 0 Å². The lowest BCUT2D eigenvalue weighted by Crippen LogP contribution is -2.39. The van der Waals surface area contributed by atoms with Gasteiger partial charge in [-0.2, -0.15) is 0 Å². The first kappa shape index (κ1) is 18.9. The van der Waals surface area contributed by atoms with Crippen LogP contribution in [0.15, 0.2) is 30.5 Å². The second kappa shape index (κ2) is 7.77. The first-order valence-corrected chi connectivity index (χ1v) is 8.69. The quantitative estimate of drug-likeness (QED) is 0.888. The van der Waals surface area contributed by atoms with Gasteiger partial charge in [-0.15, -0.1) is 0 Å². The predicted octanol–water partition coefficient (Wildman–Crippen LogP) is 2.69. The lowest BCUT2D eigenvalue weighted by atomic mass is 10.1. The molecule has 0 atom stereocenters. The van der Waals surface area contributed by atoms with E-state index in [0.717, 1.165) is 11.8 Å². The van der Waals surface area contributed by atoms with Crippen molar-refractivity contribution in [3.63, 3.8) is 0 Å². The number of piperidine rings is 1. The van der Waals surface area contributed by atoms with Gasteiger partial charge >= 0.3 is 0 Å². The van der Waals surface area contributed by atoms with Crippen molar-refractivity contribution >= 4 is 17.3 Å². The molecule has 8 heteroatoms. The number of pyridine rings is 1. The maximum atomic E-state index is 13.8. The summed E-state index contributed by atoms with van der Waals surface area (Å²) in [5.41, 5.74) is 7.62. The van der Waals surface area contributed by atoms with Crippen LogP contribution in [0.25, 0.3) is 0 Å². The number of amides is 1. The van der Waals surface area contributed by atoms with Crippen molar-refractivity contribution in [2.75, 3.05) is 37.8 Å². The lowest BCUT2D eigenvalue weighted by molar-refractivity contribution is 0.0822. The monoisotopic (exact) mass is 376 g/mol. The number of nitrogens with zero attached hydrogens (tertiary/aromatic N) is 3. The number of nitrogen functional groups attached to an aromatic ring is 1. The zero-order valence-corrected chi connectivity index (χ0v) is 15.3. The predicted molar refractivity (Wildman–Crippen MR) is 98.9 cm³/mol. The highest BCUT2D eigenvalue weighted by Gasteiger charge is 2.24. The minimum atomic E-state index is -0.706. The SMILES string of the molecule is CN(C)C(=O)c1cc(N2CCC(Oc3ccc(F)cc3F)CC2)c(N)cn1. The Bertz CT molecular complexity index is 836. The molecule has 1 amide bonds. The summed E-state index contributed by atoms with van der Waals surface area (Å²) in [4.78, 5) is 19.7. The van der Waals surface area contributed by atoms with Gasteiger partial charge in [0.25, 0.3) is 5.91 Å². The number of hydrogen-bond donors (Lipinski definition) is 1. The summed E-state index contributed by atoms with van der Waals surface area (Å²) in [6.45, 7) is 1.27. The fourth-order valence-corrected chi connectivity index (χ4v) is 3.04. The highest BCUT2D eigenvalue weighted by Crippen LogP contribution is 2.29. The summed E-state index contributed by atoms with van der Waals surface area (Å²) >= 11 is 0. The van der Waals surface area contributed by atoms with E-state index in [1.165, 1.54) is 23.2 Å². The Hall–Kier alpha value is -2.90. The Morgan fingerprint density at radius 3 is 2.59 bits per heavy atom. The molecular formula is C19H22F2N4O2. The van der Waals surface area contributed by atoms with Crippen molar-refractivity contribution in [1.82, 2.24) is 9.88 Å². The van der Waals surface area contributed by atoms with E-state index in [2.05, 4.69) is 9.88 Å². The van der Waals surface area contributed by atoms with Gasteiger partial charge in [0, 0.05) is 46.1 Å². The van der Waals surface area contributed by atoms with Crippen LogP contribution < -0.4 is 15.4 Å². The van der Waals surface area contributed by atoms with Crippen LogP contribution in [0, 0.1) is 11.6 Å². The number of carbonyl (C=O) groups is 1. The Kier molecular flexibility index (Phi) is 5.43. The van der Waals surface area contributed by atoms with Gasteiger partial charge in [-0.3, -0.25) is 4.79 Å². The highest BCUT2D eigenvalue weighted by molar-refractivity contribution is 5.93. The number of hydrogen-bond acceptors (Lipinski definition) is 5. The van der Waals surface area contributed by atoms with E-state index < -0.39 is 11.6 Å². The van der Waals surface area contributed by atoms with Crippen LogP contribution in [0.1, 0.15) is 23.3 Å². The largest absolute Gasteiger partial charge is 0.487 e. The van der Waals surface area contributed by atoms with Crippen LogP contribution in [-0.4, -0.2) is 49.1 Å². The Morgan fingerprint density at radius 1 is 1.26 bits per heavy atom. The molecule has 2 heterocycles. The van der Waals surface area contributed by atoms with E-state index in [-0.39, 0.29) is 17.8 Å². The van der Waals surface area contributed by atoms with Crippen molar-refractivity contribution in [2.45, 2.75) is 18.9 Å². The summed E-state index contributed by atoms with van der Waals surface area (Å²) < 4.78 is 32.4. The van der Waals surface area contributed by atoms with Crippen molar-refractivity contribution < 1.29 is 18.3 Å². The third-order valence-corrected chi connectivity index (χ3v) is 4.51. The molecule has 0 unspecified atom stereocenters. The number of ether oxygens (including phenoxy) is 1.